The second-order valence-electron chi connectivity index (χ2n) is 7.87. The number of amides is 1. The average molecular weight is 479 g/mol. The minimum Gasteiger partial charge on any atom is -0.326 e. The third kappa shape index (κ3) is 4.75. The highest BCUT2D eigenvalue weighted by Crippen LogP contribution is 2.31. The Balaban J connectivity index is 1.65. The molecule has 0 aliphatic rings. The molecule has 0 spiro atoms. The number of rotatable bonds is 6. The normalized spacial score (nSPS) is 11.4. The number of anilines is 1. The fraction of sp³-hybridized carbons (Fsp3) is 0.120. The molecule has 3 aromatic carbocycles. The number of sulfone groups is 1. The lowest BCUT2D eigenvalue weighted by Crippen LogP contribution is -2.17. The fourth-order valence-corrected chi connectivity index (χ4v) is 4.60. The number of carbonyl (C=O) groups is 1. The summed E-state index contributed by atoms with van der Waals surface area (Å²) in [6.07, 6.45) is 1.08. The Kier molecular flexibility index (Phi) is 6.32. The molecule has 4 rings (SSSR count). The van der Waals surface area contributed by atoms with E-state index in [-0.39, 0.29) is 27.4 Å². The third-order valence-corrected chi connectivity index (χ3v) is 6.41. The molecule has 1 amide bonds. The quantitative estimate of drug-likeness (QED) is 0.434. The lowest BCUT2D eigenvalue weighted by molar-refractivity contribution is 0.101. The zero-order chi connectivity index (χ0) is 24.5. The van der Waals surface area contributed by atoms with E-state index in [0.717, 1.165) is 17.9 Å². The maximum atomic E-state index is 15.0. The van der Waals surface area contributed by atoms with Crippen molar-refractivity contribution < 1.29 is 17.6 Å². The first-order valence-corrected chi connectivity index (χ1v) is 12.3. The van der Waals surface area contributed by atoms with E-state index in [1.165, 1.54) is 22.9 Å². The lowest BCUT2D eigenvalue weighted by Gasteiger charge is -2.12. The molecule has 0 bridgehead atoms. The van der Waals surface area contributed by atoms with Gasteiger partial charge < -0.3 is 11.1 Å². The van der Waals surface area contributed by atoms with Crippen molar-refractivity contribution in [2.75, 3.05) is 11.6 Å². The summed E-state index contributed by atoms with van der Waals surface area (Å²) in [5.41, 5.74) is 8.82. The van der Waals surface area contributed by atoms with Gasteiger partial charge in [-0.3, -0.25) is 4.79 Å². The smallest absolute Gasteiger partial charge is 0.274 e. The van der Waals surface area contributed by atoms with Crippen LogP contribution in [-0.4, -0.2) is 30.4 Å². The van der Waals surface area contributed by atoms with Crippen LogP contribution in [0.4, 0.5) is 10.1 Å². The zero-order valence-electron chi connectivity index (χ0n) is 18.6. The van der Waals surface area contributed by atoms with Crippen LogP contribution in [-0.2, 0) is 16.4 Å². The Labute approximate surface area is 197 Å². The topological polar surface area (TPSA) is 107 Å². The number of nitrogens with one attached hydrogen (secondary N) is 1. The van der Waals surface area contributed by atoms with Gasteiger partial charge in [-0.15, -0.1) is 0 Å². The fourth-order valence-electron chi connectivity index (χ4n) is 3.69. The van der Waals surface area contributed by atoms with E-state index in [4.69, 9.17) is 5.73 Å². The summed E-state index contributed by atoms with van der Waals surface area (Å²) in [7, 11) is -3.55. The molecule has 0 saturated heterocycles. The molecule has 0 aliphatic heterocycles. The van der Waals surface area contributed by atoms with Crippen LogP contribution in [0.2, 0.25) is 0 Å². The van der Waals surface area contributed by atoms with Crippen LogP contribution < -0.4 is 11.1 Å². The van der Waals surface area contributed by atoms with Crippen LogP contribution >= 0.6 is 0 Å². The SMILES string of the molecule is Cc1cc(C(=O)Nc2ccc(-c3ccccc3S(C)(=O)=O)c(F)c2)n(-c2cccc(CN)c2)n1. The lowest BCUT2D eigenvalue weighted by atomic mass is 10.0. The van der Waals surface area contributed by atoms with Gasteiger partial charge in [0.2, 0.25) is 0 Å². The molecule has 174 valence electrons. The Morgan fingerprint density at radius 1 is 1.03 bits per heavy atom. The molecule has 0 aliphatic carbocycles. The molecule has 1 heterocycles. The first-order chi connectivity index (χ1) is 16.2. The molecule has 0 radical (unpaired) electrons. The Bertz CT molecular complexity index is 1500. The van der Waals surface area contributed by atoms with Gasteiger partial charge in [0.15, 0.2) is 9.84 Å². The Morgan fingerprint density at radius 3 is 2.50 bits per heavy atom. The van der Waals surface area contributed by atoms with Crippen molar-refractivity contribution in [1.82, 2.24) is 9.78 Å². The highest BCUT2D eigenvalue weighted by atomic mass is 32.2. The molecule has 1 aromatic heterocycles. The summed E-state index contributed by atoms with van der Waals surface area (Å²) in [6, 6.07) is 19.3. The van der Waals surface area contributed by atoms with Gasteiger partial charge in [0.25, 0.3) is 5.91 Å². The highest BCUT2D eigenvalue weighted by Gasteiger charge is 2.19. The number of hydrogen-bond acceptors (Lipinski definition) is 5. The van der Waals surface area contributed by atoms with Crippen molar-refractivity contribution in [3.63, 3.8) is 0 Å². The zero-order valence-corrected chi connectivity index (χ0v) is 19.4. The third-order valence-electron chi connectivity index (χ3n) is 5.26. The molecular weight excluding hydrogens is 455 g/mol. The molecular formula is C25H23FN4O3S. The minimum absolute atomic E-state index is 0.0322. The molecule has 7 nitrogen and oxygen atoms in total. The summed E-state index contributed by atoms with van der Waals surface area (Å²) in [5, 5.41) is 7.10. The molecule has 9 heteroatoms. The highest BCUT2D eigenvalue weighted by molar-refractivity contribution is 7.90. The second-order valence-corrected chi connectivity index (χ2v) is 9.86. The maximum absolute atomic E-state index is 15.0. The molecule has 3 N–H and O–H groups in total. The Hall–Kier alpha value is -3.82. The second kappa shape index (κ2) is 9.20. The number of nitrogens with two attached hydrogens (primary N) is 1. The summed E-state index contributed by atoms with van der Waals surface area (Å²) in [6.45, 7) is 2.12. The summed E-state index contributed by atoms with van der Waals surface area (Å²) < 4.78 is 40.7. The first kappa shape index (κ1) is 23.3. The monoisotopic (exact) mass is 478 g/mol. The van der Waals surface area contributed by atoms with Gasteiger partial charge in [-0.05, 0) is 55.0 Å². The predicted octanol–water partition coefficient (Wildman–Crippen LogP) is 4.10. The number of carbonyl (C=O) groups excluding carboxylic acids is 1. The van der Waals surface area contributed by atoms with E-state index in [1.807, 2.05) is 24.3 Å². The summed E-state index contributed by atoms with van der Waals surface area (Å²) in [4.78, 5) is 13.1. The van der Waals surface area contributed by atoms with Gasteiger partial charge in [0.1, 0.15) is 11.5 Å². The van der Waals surface area contributed by atoms with Gasteiger partial charge in [-0.25, -0.2) is 17.5 Å². The standard InChI is InChI=1S/C25H23FN4O3S/c1-16-12-23(30(29-16)19-7-5-6-17(13-19)15-27)25(31)28-18-10-11-20(22(26)14-18)21-8-3-4-9-24(21)34(2,32)33/h3-14H,15,27H2,1-2H3,(H,28,31). The van der Waals surface area contributed by atoms with Crippen LogP contribution in [0, 0.1) is 12.7 Å². The number of benzene rings is 3. The number of halogens is 1. The van der Waals surface area contributed by atoms with E-state index in [2.05, 4.69) is 10.4 Å². The van der Waals surface area contributed by atoms with Gasteiger partial charge in [0.05, 0.1) is 16.3 Å². The number of hydrogen-bond donors (Lipinski definition) is 2. The molecule has 0 atom stereocenters. The van der Waals surface area contributed by atoms with Gasteiger partial charge in [-0.1, -0.05) is 30.3 Å². The number of aromatic nitrogens is 2. The molecule has 4 aromatic rings. The first-order valence-electron chi connectivity index (χ1n) is 10.4. The van der Waals surface area contributed by atoms with Crippen LogP contribution in [0.25, 0.3) is 16.8 Å². The van der Waals surface area contributed by atoms with Crippen molar-refractivity contribution in [2.45, 2.75) is 18.4 Å². The van der Waals surface area contributed by atoms with E-state index in [1.54, 1.807) is 31.2 Å². The predicted molar refractivity (Wildman–Crippen MR) is 129 cm³/mol. The molecule has 34 heavy (non-hydrogen) atoms. The van der Waals surface area contributed by atoms with Gasteiger partial charge in [-0.2, -0.15) is 5.10 Å². The van der Waals surface area contributed by atoms with E-state index in [9.17, 15) is 13.2 Å². The van der Waals surface area contributed by atoms with Crippen molar-refractivity contribution in [1.29, 1.82) is 0 Å². The van der Waals surface area contributed by atoms with Crippen molar-refractivity contribution in [2.24, 2.45) is 5.73 Å². The Morgan fingerprint density at radius 2 is 1.79 bits per heavy atom. The average Bonchev–Trinajstić information content (AvgIpc) is 3.20. The van der Waals surface area contributed by atoms with Crippen molar-refractivity contribution >= 4 is 21.4 Å². The van der Waals surface area contributed by atoms with E-state index < -0.39 is 21.6 Å². The van der Waals surface area contributed by atoms with Gasteiger partial charge >= 0.3 is 0 Å². The van der Waals surface area contributed by atoms with E-state index in [0.29, 0.717) is 17.9 Å². The van der Waals surface area contributed by atoms with E-state index >= 15 is 4.39 Å². The minimum atomic E-state index is -3.55. The van der Waals surface area contributed by atoms with Crippen molar-refractivity contribution in [3.05, 3.63) is 95.6 Å². The van der Waals surface area contributed by atoms with Crippen molar-refractivity contribution in [3.8, 4) is 16.8 Å². The number of aryl methyl sites for hydroxylation is 1. The van der Waals surface area contributed by atoms with Crippen LogP contribution in [0.1, 0.15) is 21.7 Å². The van der Waals surface area contributed by atoms with Crippen LogP contribution in [0.3, 0.4) is 0 Å². The van der Waals surface area contributed by atoms with Gasteiger partial charge in [0, 0.05) is 29.6 Å². The number of nitrogens with zero attached hydrogens (tertiary/aromatic N) is 2. The molecule has 0 unspecified atom stereocenters. The molecule has 0 fully saturated rings. The summed E-state index contributed by atoms with van der Waals surface area (Å²) in [5.74, 6) is -1.13. The largest absolute Gasteiger partial charge is 0.326 e. The summed E-state index contributed by atoms with van der Waals surface area (Å²) >= 11 is 0. The van der Waals surface area contributed by atoms with Crippen LogP contribution in [0.5, 0.6) is 0 Å². The van der Waals surface area contributed by atoms with Crippen LogP contribution in [0.15, 0.2) is 77.7 Å². The molecule has 0 saturated carbocycles. The maximum Gasteiger partial charge on any atom is 0.274 e.